The maximum atomic E-state index is 13.6. The van der Waals surface area contributed by atoms with E-state index in [-0.39, 0.29) is 27.3 Å². The van der Waals surface area contributed by atoms with Crippen LogP contribution >= 0.6 is 11.6 Å². The van der Waals surface area contributed by atoms with E-state index in [9.17, 15) is 9.59 Å². The Morgan fingerprint density at radius 1 is 1.03 bits per heavy atom. The number of nitrogens with zero attached hydrogens (tertiary/aromatic N) is 5. The maximum absolute atomic E-state index is 13.6. The predicted molar refractivity (Wildman–Crippen MR) is 150 cm³/mol. The molecule has 5 rings (SSSR count). The molecule has 192 valence electrons. The first-order valence-electron chi connectivity index (χ1n) is 11.8. The number of nitrogens with two attached hydrogens (primary N) is 2. The largest absolute Gasteiger partial charge is 0.382 e. The third kappa shape index (κ3) is 5.39. The second-order valence-corrected chi connectivity index (χ2v) is 8.75. The van der Waals surface area contributed by atoms with Gasteiger partial charge in [0.1, 0.15) is 35.0 Å². The SMILES string of the molecule is NC(=O)c1cccc(-n2c(CCNc3ncnc(N)c3C#Cc3ccccn3)nc3cccc(Cl)c3c2=O)c1. The summed E-state index contributed by atoms with van der Waals surface area (Å²) in [6.07, 6.45) is 3.29. The van der Waals surface area contributed by atoms with Crippen LogP contribution in [0.1, 0.15) is 27.4 Å². The second kappa shape index (κ2) is 11.0. The van der Waals surface area contributed by atoms with Gasteiger partial charge in [0.25, 0.3) is 5.56 Å². The lowest BCUT2D eigenvalue weighted by atomic mass is 10.1. The van der Waals surface area contributed by atoms with Gasteiger partial charge in [-0.3, -0.25) is 14.2 Å². The summed E-state index contributed by atoms with van der Waals surface area (Å²) in [7, 11) is 0. The third-order valence-electron chi connectivity index (χ3n) is 5.80. The number of nitrogens with one attached hydrogen (secondary N) is 1. The second-order valence-electron chi connectivity index (χ2n) is 8.34. The van der Waals surface area contributed by atoms with Crippen molar-refractivity contribution in [1.29, 1.82) is 0 Å². The molecule has 0 fully saturated rings. The van der Waals surface area contributed by atoms with Crippen molar-refractivity contribution in [3.8, 4) is 17.5 Å². The molecule has 5 aromatic rings. The van der Waals surface area contributed by atoms with Gasteiger partial charge in [0, 0.05) is 24.7 Å². The first kappa shape index (κ1) is 25.4. The average Bonchev–Trinajstić information content (AvgIpc) is 2.93. The van der Waals surface area contributed by atoms with E-state index in [0.717, 1.165) is 0 Å². The minimum atomic E-state index is -0.611. The van der Waals surface area contributed by atoms with Crippen molar-refractivity contribution in [2.75, 3.05) is 17.6 Å². The molecule has 0 radical (unpaired) electrons. The van der Waals surface area contributed by atoms with Gasteiger partial charge in [-0.1, -0.05) is 35.7 Å². The van der Waals surface area contributed by atoms with E-state index in [4.69, 9.17) is 28.1 Å². The van der Waals surface area contributed by atoms with Crippen LogP contribution in [0.2, 0.25) is 5.02 Å². The Kier molecular flexibility index (Phi) is 7.16. The Hall–Kier alpha value is -5.27. The summed E-state index contributed by atoms with van der Waals surface area (Å²) in [6.45, 7) is 0.322. The molecular weight excluding hydrogens is 516 g/mol. The van der Waals surface area contributed by atoms with Crippen molar-refractivity contribution >= 4 is 40.0 Å². The van der Waals surface area contributed by atoms with Gasteiger partial charge < -0.3 is 16.8 Å². The van der Waals surface area contributed by atoms with Crippen LogP contribution in [0, 0.1) is 11.8 Å². The number of fused-ring (bicyclic) bond motifs is 1. The molecule has 0 unspecified atom stereocenters. The Bertz CT molecular complexity index is 1830. The molecule has 0 bridgehead atoms. The van der Waals surface area contributed by atoms with Crippen LogP contribution < -0.4 is 22.3 Å². The van der Waals surface area contributed by atoms with Gasteiger partial charge in [-0.15, -0.1) is 0 Å². The van der Waals surface area contributed by atoms with Gasteiger partial charge in [-0.05, 0) is 48.4 Å². The minimum Gasteiger partial charge on any atom is -0.382 e. The standard InChI is InChI=1S/C28H21ClN8O2/c29-21-8-4-9-22-24(21)28(39)37(19-7-3-5-17(15-19)26(31)38)23(36-22)12-14-33-27-20(25(30)34-16-35-27)11-10-18-6-1-2-13-32-18/h1-9,13,15-16H,12,14H2,(H2,31,38)(H3,30,33,34,35). The molecule has 0 saturated carbocycles. The van der Waals surface area contributed by atoms with E-state index >= 15 is 0 Å². The molecule has 5 N–H and O–H groups in total. The Morgan fingerprint density at radius 3 is 2.67 bits per heavy atom. The molecule has 11 heteroatoms. The van der Waals surface area contributed by atoms with Crippen LogP contribution in [-0.4, -0.2) is 37.0 Å². The number of nitrogen functional groups attached to an aromatic ring is 1. The van der Waals surface area contributed by atoms with Crippen molar-refractivity contribution < 1.29 is 4.79 Å². The molecule has 39 heavy (non-hydrogen) atoms. The number of hydrogen-bond donors (Lipinski definition) is 3. The van der Waals surface area contributed by atoms with E-state index in [0.29, 0.717) is 47.1 Å². The number of anilines is 2. The smallest absolute Gasteiger partial charge is 0.267 e. The van der Waals surface area contributed by atoms with E-state index in [1.165, 1.54) is 10.9 Å². The van der Waals surface area contributed by atoms with Gasteiger partial charge in [-0.25, -0.2) is 19.9 Å². The number of pyridine rings is 1. The summed E-state index contributed by atoms with van der Waals surface area (Å²) in [5.41, 5.74) is 13.3. The van der Waals surface area contributed by atoms with E-state index < -0.39 is 5.91 Å². The van der Waals surface area contributed by atoms with Crippen molar-refractivity contribution in [2.24, 2.45) is 5.73 Å². The molecule has 10 nitrogen and oxygen atoms in total. The molecule has 0 saturated heterocycles. The van der Waals surface area contributed by atoms with Gasteiger partial charge in [-0.2, -0.15) is 0 Å². The topological polar surface area (TPSA) is 155 Å². The lowest BCUT2D eigenvalue weighted by molar-refractivity contribution is 0.1000. The number of rotatable bonds is 6. The third-order valence-corrected chi connectivity index (χ3v) is 6.12. The lowest BCUT2D eigenvalue weighted by Crippen LogP contribution is -2.26. The van der Waals surface area contributed by atoms with Crippen molar-refractivity contribution in [1.82, 2.24) is 24.5 Å². The molecule has 0 atom stereocenters. The van der Waals surface area contributed by atoms with Gasteiger partial charge in [0.2, 0.25) is 5.91 Å². The maximum Gasteiger partial charge on any atom is 0.267 e. The number of hydrogen-bond acceptors (Lipinski definition) is 8. The van der Waals surface area contributed by atoms with Crippen LogP contribution in [0.4, 0.5) is 11.6 Å². The zero-order valence-corrected chi connectivity index (χ0v) is 21.2. The highest BCUT2D eigenvalue weighted by Gasteiger charge is 2.16. The summed E-state index contributed by atoms with van der Waals surface area (Å²) in [4.78, 5) is 42.7. The Morgan fingerprint density at radius 2 is 1.87 bits per heavy atom. The normalized spacial score (nSPS) is 10.6. The minimum absolute atomic E-state index is 0.217. The van der Waals surface area contributed by atoms with Gasteiger partial charge >= 0.3 is 0 Å². The molecule has 0 spiro atoms. The van der Waals surface area contributed by atoms with Crippen molar-refractivity contribution in [3.05, 3.63) is 111 Å². The van der Waals surface area contributed by atoms with Crippen molar-refractivity contribution in [2.45, 2.75) is 6.42 Å². The average molecular weight is 537 g/mol. The number of carbonyl (C=O) groups is 1. The first-order valence-corrected chi connectivity index (χ1v) is 12.2. The summed E-state index contributed by atoms with van der Waals surface area (Å²) in [5.74, 6) is 6.42. The fraction of sp³-hybridized carbons (Fsp3) is 0.0714. The summed E-state index contributed by atoms with van der Waals surface area (Å²) in [5, 5.41) is 3.77. The Labute approximate surface area is 227 Å². The molecular formula is C28H21ClN8O2. The predicted octanol–water partition coefficient (Wildman–Crippen LogP) is 2.96. The van der Waals surface area contributed by atoms with Crippen LogP contribution in [-0.2, 0) is 6.42 Å². The van der Waals surface area contributed by atoms with Crippen LogP contribution in [0.5, 0.6) is 0 Å². The van der Waals surface area contributed by atoms with Crippen LogP contribution in [0.15, 0.2) is 78.0 Å². The molecule has 0 aliphatic rings. The molecule has 0 aliphatic carbocycles. The fourth-order valence-corrected chi connectivity index (χ4v) is 4.23. The molecule has 1 amide bonds. The van der Waals surface area contributed by atoms with Crippen molar-refractivity contribution in [3.63, 3.8) is 0 Å². The zero-order chi connectivity index (χ0) is 27.4. The van der Waals surface area contributed by atoms with Crippen LogP contribution in [0.25, 0.3) is 16.6 Å². The van der Waals surface area contributed by atoms with E-state index in [1.807, 2.05) is 6.07 Å². The molecule has 3 aromatic heterocycles. The van der Waals surface area contributed by atoms with E-state index in [2.05, 4.69) is 32.1 Å². The number of amides is 1. The highest BCUT2D eigenvalue weighted by atomic mass is 35.5. The number of benzene rings is 2. The monoisotopic (exact) mass is 536 g/mol. The summed E-state index contributed by atoms with van der Waals surface area (Å²) < 4.78 is 1.43. The van der Waals surface area contributed by atoms with Gasteiger partial charge in [0.05, 0.1) is 21.6 Å². The van der Waals surface area contributed by atoms with Crippen LogP contribution in [0.3, 0.4) is 0 Å². The number of aromatic nitrogens is 5. The number of halogens is 1. The molecule has 2 aromatic carbocycles. The summed E-state index contributed by atoms with van der Waals surface area (Å²) >= 11 is 6.36. The number of carbonyl (C=O) groups excluding carboxylic acids is 1. The zero-order valence-electron chi connectivity index (χ0n) is 20.4. The van der Waals surface area contributed by atoms with Gasteiger partial charge in [0.15, 0.2) is 0 Å². The fourth-order valence-electron chi connectivity index (χ4n) is 3.98. The highest BCUT2D eigenvalue weighted by molar-refractivity contribution is 6.35. The highest BCUT2D eigenvalue weighted by Crippen LogP contribution is 2.21. The molecule has 3 heterocycles. The molecule has 0 aliphatic heterocycles. The number of primary amides is 1. The first-order chi connectivity index (χ1) is 18.9. The summed E-state index contributed by atoms with van der Waals surface area (Å²) in [6, 6.07) is 17.0. The van der Waals surface area contributed by atoms with E-state index in [1.54, 1.807) is 60.8 Å². The Balaban J connectivity index is 1.51. The quantitative estimate of drug-likeness (QED) is 0.280. The lowest BCUT2D eigenvalue weighted by Gasteiger charge is -2.15.